The van der Waals surface area contributed by atoms with Crippen molar-refractivity contribution in [2.75, 3.05) is 6.61 Å². The number of carbonyl (C=O) groups is 2. The smallest absolute Gasteiger partial charge is 0.344 e. The van der Waals surface area contributed by atoms with Gasteiger partial charge in [0.1, 0.15) is 5.57 Å². The van der Waals surface area contributed by atoms with Gasteiger partial charge in [-0.1, -0.05) is 61.9 Å². The minimum atomic E-state index is -0.478. The summed E-state index contributed by atoms with van der Waals surface area (Å²) in [6, 6.07) is 16.2. The van der Waals surface area contributed by atoms with Crippen molar-refractivity contribution in [3.05, 3.63) is 71.3 Å². The van der Waals surface area contributed by atoms with Gasteiger partial charge in [0, 0.05) is 5.56 Å². The van der Waals surface area contributed by atoms with E-state index >= 15 is 0 Å². The Balaban J connectivity index is 2.09. The molecule has 0 saturated heterocycles. The molecule has 4 nitrogen and oxygen atoms in total. The lowest BCUT2D eigenvalue weighted by Crippen LogP contribution is -2.10. The maximum absolute atomic E-state index is 12.7. The molecule has 1 heterocycles. The lowest BCUT2D eigenvalue weighted by Gasteiger charge is -2.11. The summed E-state index contributed by atoms with van der Waals surface area (Å²) in [6.45, 7) is 2.37. The van der Waals surface area contributed by atoms with Gasteiger partial charge < -0.3 is 9.47 Å². The topological polar surface area (TPSA) is 52.6 Å². The highest BCUT2D eigenvalue weighted by Gasteiger charge is 2.32. The van der Waals surface area contributed by atoms with Gasteiger partial charge in [-0.25, -0.2) is 9.59 Å². The standard InChI is InChI=1S/C20H18O4/c1-2-3-13-23-20(22)17(14-9-5-4-6-10-14)18-15-11-7-8-12-16(15)19(21)24-18/h4-12H,2-3,13H2,1H3. The Labute approximate surface area is 140 Å². The van der Waals surface area contributed by atoms with Crippen LogP contribution in [0, 0.1) is 0 Å². The number of unbranched alkanes of at least 4 members (excludes halogenated alkanes) is 1. The number of fused-ring (bicyclic) bond motifs is 1. The van der Waals surface area contributed by atoms with Gasteiger partial charge in [-0.05, 0) is 18.1 Å². The Morgan fingerprint density at radius 2 is 1.67 bits per heavy atom. The maximum Gasteiger partial charge on any atom is 0.344 e. The van der Waals surface area contributed by atoms with E-state index in [-0.39, 0.29) is 11.3 Å². The monoisotopic (exact) mass is 322 g/mol. The van der Waals surface area contributed by atoms with Gasteiger partial charge in [-0.15, -0.1) is 0 Å². The van der Waals surface area contributed by atoms with Crippen molar-refractivity contribution in [3.8, 4) is 0 Å². The van der Waals surface area contributed by atoms with E-state index in [1.54, 1.807) is 30.3 Å². The first-order chi connectivity index (χ1) is 11.7. The Kier molecular flexibility index (Phi) is 4.75. The van der Waals surface area contributed by atoms with E-state index in [0.29, 0.717) is 23.3 Å². The summed E-state index contributed by atoms with van der Waals surface area (Å²) >= 11 is 0. The van der Waals surface area contributed by atoms with Crippen LogP contribution in [0.2, 0.25) is 0 Å². The Morgan fingerprint density at radius 1 is 1.00 bits per heavy atom. The molecular weight excluding hydrogens is 304 g/mol. The van der Waals surface area contributed by atoms with E-state index in [4.69, 9.17) is 9.47 Å². The molecule has 0 amide bonds. The molecule has 0 aliphatic carbocycles. The molecule has 0 bridgehead atoms. The van der Waals surface area contributed by atoms with Gasteiger partial charge in [0.25, 0.3) is 0 Å². The van der Waals surface area contributed by atoms with Crippen LogP contribution in [0.25, 0.3) is 11.3 Å². The van der Waals surface area contributed by atoms with Crippen molar-refractivity contribution >= 4 is 23.3 Å². The zero-order valence-electron chi connectivity index (χ0n) is 13.5. The fourth-order valence-corrected chi connectivity index (χ4v) is 2.58. The second-order valence-corrected chi connectivity index (χ2v) is 5.49. The molecule has 3 rings (SSSR count). The van der Waals surface area contributed by atoms with E-state index < -0.39 is 11.9 Å². The SMILES string of the molecule is CCCCOC(=O)C(=C1OC(=O)c2ccccc21)c1ccccc1. The molecule has 0 N–H and O–H groups in total. The average Bonchev–Trinajstić information content (AvgIpc) is 2.94. The van der Waals surface area contributed by atoms with Gasteiger partial charge in [0.2, 0.25) is 0 Å². The molecule has 2 aromatic carbocycles. The predicted octanol–water partition coefficient (Wildman–Crippen LogP) is 4.07. The third kappa shape index (κ3) is 3.08. The molecule has 1 aliphatic rings. The molecule has 0 spiro atoms. The first-order valence-corrected chi connectivity index (χ1v) is 8.00. The largest absolute Gasteiger partial charge is 0.462 e. The highest BCUT2D eigenvalue weighted by atomic mass is 16.6. The summed E-state index contributed by atoms with van der Waals surface area (Å²) in [5.74, 6) is -0.659. The normalized spacial score (nSPS) is 14.8. The van der Waals surface area contributed by atoms with Crippen LogP contribution in [0.1, 0.15) is 41.3 Å². The molecule has 0 atom stereocenters. The second-order valence-electron chi connectivity index (χ2n) is 5.49. The fraction of sp³-hybridized carbons (Fsp3) is 0.200. The number of hydrogen-bond donors (Lipinski definition) is 0. The molecule has 4 heteroatoms. The first kappa shape index (κ1) is 16.0. The Hall–Kier alpha value is -2.88. The number of benzene rings is 2. The van der Waals surface area contributed by atoms with Crippen molar-refractivity contribution in [2.45, 2.75) is 19.8 Å². The summed E-state index contributed by atoms with van der Waals surface area (Å²) in [7, 11) is 0. The maximum atomic E-state index is 12.7. The molecular formula is C20H18O4. The van der Waals surface area contributed by atoms with Crippen LogP contribution in [-0.2, 0) is 14.3 Å². The van der Waals surface area contributed by atoms with E-state index in [0.717, 1.165) is 12.8 Å². The molecule has 122 valence electrons. The minimum Gasteiger partial charge on any atom is -0.462 e. The second kappa shape index (κ2) is 7.13. The van der Waals surface area contributed by atoms with E-state index in [1.165, 1.54) is 0 Å². The third-order valence-corrected chi connectivity index (χ3v) is 3.81. The molecule has 0 saturated carbocycles. The summed E-state index contributed by atoms with van der Waals surface area (Å²) in [5.41, 5.74) is 2.03. The number of ether oxygens (including phenoxy) is 2. The third-order valence-electron chi connectivity index (χ3n) is 3.81. The molecule has 0 unspecified atom stereocenters. The van der Waals surface area contributed by atoms with E-state index in [9.17, 15) is 9.59 Å². The molecule has 0 aromatic heterocycles. The number of rotatable bonds is 5. The molecule has 1 aliphatic heterocycles. The highest BCUT2D eigenvalue weighted by Crippen LogP contribution is 2.36. The zero-order valence-corrected chi connectivity index (χ0v) is 13.5. The number of hydrogen-bond acceptors (Lipinski definition) is 4. The quantitative estimate of drug-likeness (QED) is 0.473. The lowest BCUT2D eigenvalue weighted by atomic mass is 9.99. The van der Waals surface area contributed by atoms with Crippen LogP contribution in [0.15, 0.2) is 54.6 Å². The molecule has 2 aromatic rings. The van der Waals surface area contributed by atoms with Gasteiger partial charge >= 0.3 is 11.9 Å². The molecule has 0 radical (unpaired) electrons. The van der Waals surface area contributed by atoms with Gasteiger partial charge in [-0.3, -0.25) is 0 Å². The fourth-order valence-electron chi connectivity index (χ4n) is 2.58. The van der Waals surface area contributed by atoms with Crippen molar-refractivity contribution in [2.24, 2.45) is 0 Å². The molecule has 0 fully saturated rings. The predicted molar refractivity (Wildman–Crippen MR) is 91.0 cm³/mol. The Morgan fingerprint density at radius 3 is 2.38 bits per heavy atom. The lowest BCUT2D eigenvalue weighted by molar-refractivity contribution is -0.136. The van der Waals surface area contributed by atoms with Gasteiger partial charge in [-0.2, -0.15) is 0 Å². The average molecular weight is 322 g/mol. The summed E-state index contributed by atoms with van der Waals surface area (Å²) in [5, 5.41) is 0. The highest BCUT2D eigenvalue weighted by molar-refractivity contribution is 6.26. The minimum absolute atomic E-state index is 0.267. The summed E-state index contributed by atoms with van der Waals surface area (Å²) < 4.78 is 10.8. The number of esters is 2. The summed E-state index contributed by atoms with van der Waals surface area (Å²) in [4.78, 5) is 24.7. The van der Waals surface area contributed by atoms with Crippen LogP contribution < -0.4 is 0 Å². The van der Waals surface area contributed by atoms with E-state index in [1.807, 2.05) is 31.2 Å². The van der Waals surface area contributed by atoms with Crippen LogP contribution in [0.5, 0.6) is 0 Å². The van der Waals surface area contributed by atoms with Crippen LogP contribution in [0.4, 0.5) is 0 Å². The van der Waals surface area contributed by atoms with Gasteiger partial charge in [0.15, 0.2) is 5.76 Å². The van der Waals surface area contributed by atoms with Crippen molar-refractivity contribution in [1.82, 2.24) is 0 Å². The van der Waals surface area contributed by atoms with Crippen molar-refractivity contribution in [3.63, 3.8) is 0 Å². The van der Waals surface area contributed by atoms with E-state index in [2.05, 4.69) is 0 Å². The Bertz CT molecular complexity index is 790. The van der Waals surface area contributed by atoms with Crippen LogP contribution in [0.3, 0.4) is 0 Å². The van der Waals surface area contributed by atoms with Crippen molar-refractivity contribution in [1.29, 1.82) is 0 Å². The number of cyclic esters (lactones) is 1. The van der Waals surface area contributed by atoms with Gasteiger partial charge in [0.05, 0.1) is 12.2 Å². The number of carbonyl (C=O) groups excluding carboxylic acids is 2. The van der Waals surface area contributed by atoms with Crippen molar-refractivity contribution < 1.29 is 19.1 Å². The summed E-state index contributed by atoms with van der Waals surface area (Å²) in [6.07, 6.45) is 1.72. The molecule has 24 heavy (non-hydrogen) atoms. The van der Waals surface area contributed by atoms with Crippen LogP contribution in [-0.4, -0.2) is 18.5 Å². The van der Waals surface area contributed by atoms with Crippen LogP contribution >= 0.6 is 0 Å². The first-order valence-electron chi connectivity index (χ1n) is 8.00. The zero-order chi connectivity index (χ0) is 16.9.